The standard InChI is InChI=1S/C16H22N2OS2/c1-11-6-7-12-13(10-11)21-15(18(12)8-9-20-5)17-14(19)16(2,3)4/h6-7,10H,8-9H2,1-5H3. The van der Waals surface area contributed by atoms with Gasteiger partial charge in [0.05, 0.1) is 10.2 Å². The zero-order chi connectivity index (χ0) is 15.6. The first kappa shape index (κ1) is 16.3. The molecule has 0 fully saturated rings. The van der Waals surface area contributed by atoms with Crippen LogP contribution < -0.4 is 4.80 Å². The molecule has 114 valence electrons. The molecule has 0 saturated heterocycles. The summed E-state index contributed by atoms with van der Waals surface area (Å²) in [5, 5.41) is 0. The van der Waals surface area contributed by atoms with Gasteiger partial charge in [0, 0.05) is 17.7 Å². The number of aryl methyl sites for hydroxylation is 2. The summed E-state index contributed by atoms with van der Waals surface area (Å²) in [5.74, 6) is 0.944. The fourth-order valence-corrected chi connectivity index (χ4v) is 3.44. The summed E-state index contributed by atoms with van der Waals surface area (Å²) < 4.78 is 3.36. The fraction of sp³-hybridized carbons (Fsp3) is 0.500. The number of nitrogens with zero attached hydrogens (tertiary/aromatic N) is 2. The van der Waals surface area contributed by atoms with Crippen LogP contribution in [0.15, 0.2) is 23.2 Å². The lowest BCUT2D eigenvalue weighted by molar-refractivity contribution is -0.125. The average Bonchev–Trinajstić information content (AvgIpc) is 2.71. The molecule has 5 heteroatoms. The number of hydrogen-bond donors (Lipinski definition) is 0. The first-order chi connectivity index (χ1) is 9.82. The Morgan fingerprint density at radius 1 is 1.38 bits per heavy atom. The number of rotatable bonds is 3. The molecule has 0 bridgehead atoms. The van der Waals surface area contributed by atoms with Gasteiger partial charge in [-0.05, 0) is 30.9 Å². The molecule has 0 N–H and O–H groups in total. The van der Waals surface area contributed by atoms with E-state index in [4.69, 9.17) is 0 Å². The van der Waals surface area contributed by atoms with E-state index in [1.165, 1.54) is 15.8 Å². The molecule has 3 nitrogen and oxygen atoms in total. The van der Waals surface area contributed by atoms with E-state index in [1.54, 1.807) is 23.1 Å². The number of carbonyl (C=O) groups is 1. The predicted molar refractivity (Wildman–Crippen MR) is 93.0 cm³/mol. The number of thiazole rings is 1. The van der Waals surface area contributed by atoms with Crippen LogP contribution in [0.25, 0.3) is 10.2 Å². The van der Waals surface area contributed by atoms with Crippen molar-refractivity contribution < 1.29 is 4.79 Å². The lowest BCUT2D eigenvalue weighted by Gasteiger charge is -2.12. The highest BCUT2D eigenvalue weighted by Gasteiger charge is 2.21. The van der Waals surface area contributed by atoms with Crippen LogP contribution in [0.3, 0.4) is 0 Å². The Morgan fingerprint density at radius 3 is 2.71 bits per heavy atom. The summed E-state index contributed by atoms with van der Waals surface area (Å²) in [4.78, 5) is 17.4. The Bertz CT molecular complexity index is 720. The Hall–Kier alpha value is -1.07. The maximum Gasteiger partial charge on any atom is 0.253 e. The normalized spacial score (nSPS) is 13.1. The number of carbonyl (C=O) groups excluding carboxylic acids is 1. The molecular formula is C16H22N2OS2. The molecular weight excluding hydrogens is 300 g/mol. The topological polar surface area (TPSA) is 34.4 Å². The molecule has 2 rings (SSSR count). The van der Waals surface area contributed by atoms with Gasteiger partial charge in [0.2, 0.25) is 0 Å². The van der Waals surface area contributed by atoms with Gasteiger partial charge < -0.3 is 4.57 Å². The van der Waals surface area contributed by atoms with Crippen molar-refractivity contribution in [3.8, 4) is 0 Å². The molecule has 1 heterocycles. The van der Waals surface area contributed by atoms with Crippen LogP contribution in [0, 0.1) is 12.3 Å². The predicted octanol–water partition coefficient (Wildman–Crippen LogP) is 3.85. The Kier molecular flexibility index (Phi) is 4.94. The van der Waals surface area contributed by atoms with Gasteiger partial charge in [0.25, 0.3) is 5.91 Å². The summed E-state index contributed by atoms with van der Waals surface area (Å²) in [6.07, 6.45) is 2.09. The number of thioether (sulfide) groups is 1. The van der Waals surface area contributed by atoms with E-state index in [1.807, 2.05) is 20.8 Å². The molecule has 1 aromatic carbocycles. The molecule has 1 amide bonds. The molecule has 0 unspecified atom stereocenters. The molecule has 0 aliphatic rings. The highest BCUT2D eigenvalue weighted by Crippen LogP contribution is 2.20. The Morgan fingerprint density at radius 2 is 2.10 bits per heavy atom. The van der Waals surface area contributed by atoms with Crippen molar-refractivity contribution in [2.75, 3.05) is 12.0 Å². The fourth-order valence-electron chi connectivity index (χ4n) is 1.92. The second-order valence-electron chi connectivity index (χ2n) is 6.17. The van der Waals surface area contributed by atoms with Crippen LogP contribution >= 0.6 is 23.1 Å². The Labute approximate surface area is 134 Å². The van der Waals surface area contributed by atoms with Crippen molar-refractivity contribution in [2.24, 2.45) is 10.4 Å². The first-order valence-corrected chi connectivity index (χ1v) is 9.22. The van der Waals surface area contributed by atoms with Crippen LogP contribution in [0.4, 0.5) is 0 Å². The molecule has 1 aromatic heterocycles. The molecule has 0 saturated carbocycles. The maximum atomic E-state index is 12.2. The van der Waals surface area contributed by atoms with Gasteiger partial charge in [0.1, 0.15) is 0 Å². The monoisotopic (exact) mass is 322 g/mol. The molecule has 0 aliphatic heterocycles. The molecule has 0 spiro atoms. The summed E-state index contributed by atoms with van der Waals surface area (Å²) in [5.41, 5.74) is 1.96. The van der Waals surface area contributed by atoms with Crippen LogP contribution in [0.5, 0.6) is 0 Å². The van der Waals surface area contributed by atoms with E-state index in [0.717, 1.165) is 17.1 Å². The summed E-state index contributed by atoms with van der Waals surface area (Å²) >= 11 is 3.40. The van der Waals surface area contributed by atoms with Crippen molar-refractivity contribution in [1.29, 1.82) is 0 Å². The lowest BCUT2D eigenvalue weighted by atomic mass is 9.96. The number of amides is 1. The van der Waals surface area contributed by atoms with Crippen LogP contribution in [-0.4, -0.2) is 22.5 Å². The average molecular weight is 322 g/mol. The third-order valence-electron chi connectivity index (χ3n) is 3.20. The van der Waals surface area contributed by atoms with Crippen molar-refractivity contribution in [3.05, 3.63) is 28.6 Å². The number of aromatic nitrogens is 1. The van der Waals surface area contributed by atoms with Gasteiger partial charge in [-0.1, -0.05) is 38.2 Å². The van der Waals surface area contributed by atoms with Gasteiger partial charge in [-0.3, -0.25) is 4.79 Å². The minimum atomic E-state index is -0.441. The van der Waals surface area contributed by atoms with E-state index in [-0.39, 0.29) is 5.91 Å². The van der Waals surface area contributed by atoms with E-state index >= 15 is 0 Å². The lowest BCUT2D eigenvalue weighted by Crippen LogP contribution is -2.24. The molecule has 21 heavy (non-hydrogen) atoms. The van der Waals surface area contributed by atoms with E-state index in [2.05, 4.69) is 40.9 Å². The van der Waals surface area contributed by atoms with Crippen molar-refractivity contribution >= 4 is 39.2 Å². The minimum absolute atomic E-state index is 0.0660. The van der Waals surface area contributed by atoms with Crippen molar-refractivity contribution in [3.63, 3.8) is 0 Å². The van der Waals surface area contributed by atoms with Gasteiger partial charge in [0.15, 0.2) is 4.80 Å². The molecule has 0 radical (unpaired) electrons. The van der Waals surface area contributed by atoms with E-state index < -0.39 is 5.41 Å². The highest BCUT2D eigenvalue weighted by atomic mass is 32.2. The number of fused-ring (bicyclic) bond motifs is 1. The van der Waals surface area contributed by atoms with E-state index in [9.17, 15) is 4.79 Å². The SMILES string of the molecule is CSCCn1c(=NC(=O)C(C)(C)C)sc2cc(C)ccc21. The highest BCUT2D eigenvalue weighted by molar-refractivity contribution is 7.98. The molecule has 2 aromatic rings. The van der Waals surface area contributed by atoms with Crippen LogP contribution in [0.1, 0.15) is 26.3 Å². The summed E-state index contributed by atoms with van der Waals surface area (Å²) in [6, 6.07) is 6.40. The number of hydrogen-bond acceptors (Lipinski definition) is 3. The smallest absolute Gasteiger partial charge is 0.253 e. The quantitative estimate of drug-likeness (QED) is 0.860. The third kappa shape index (κ3) is 3.77. The largest absolute Gasteiger partial charge is 0.316 e. The molecule has 0 atom stereocenters. The first-order valence-electron chi connectivity index (χ1n) is 7.01. The zero-order valence-corrected chi connectivity index (χ0v) is 14.9. The zero-order valence-electron chi connectivity index (χ0n) is 13.3. The van der Waals surface area contributed by atoms with Gasteiger partial charge >= 0.3 is 0 Å². The second kappa shape index (κ2) is 6.36. The maximum absolute atomic E-state index is 12.2. The van der Waals surface area contributed by atoms with Gasteiger partial charge in [-0.15, -0.1) is 0 Å². The van der Waals surface area contributed by atoms with Gasteiger partial charge in [-0.25, -0.2) is 0 Å². The van der Waals surface area contributed by atoms with Crippen LogP contribution in [-0.2, 0) is 11.3 Å². The van der Waals surface area contributed by atoms with Crippen molar-refractivity contribution in [2.45, 2.75) is 34.2 Å². The number of benzene rings is 1. The van der Waals surface area contributed by atoms with Crippen molar-refractivity contribution in [1.82, 2.24) is 4.57 Å². The summed E-state index contributed by atoms with van der Waals surface area (Å²) in [6.45, 7) is 8.68. The van der Waals surface area contributed by atoms with Gasteiger partial charge in [-0.2, -0.15) is 16.8 Å². The van der Waals surface area contributed by atoms with Crippen LogP contribution in [0.2, 0.25) is 0 Å². The molecule has 0 aliphatic carbocycles. The minimum Gasteiger partial charge on any atom is -0.316 e. The third-order valence-corrected chi connectivity index (χ3v) is 4.83. The van der Waals surface area contributed by atoms with E-state index in [0.29, 0.717) is 0 Å². The Balaban J connectivity index is 2.61. The second-order valence-corrected chi connectivity index (χ2v) is 8.16. The summed E-state index contributed by atoms with van der Waals surface area (Å²) in [7, 11) is 0.